The number of methoxy groups -OCH3 is 1. The van der Waals surface area contributed by atoms with Crippen LogP contribution in [0.5, 0.6) is 0 Å². The number of hydrogen-bond donors (Lipinski definition) is 0. The maximum absolute atomic E-state index is 12.1. The Hall–Kier alpha value is -0.680. The zero-order valence-electron chi connectivity index (χ0n) is 10.7. The number of halogens is 4. The van der Waals surface area contributed by atoms with Gasteiger partial charge >= 0.3 is 11.9 Å². The van der Waals surface area contributed by atoms with Crippen LogP contribution in [0.1, 0.15) is 34.6 Å². The van der Waals surface area contributed by atoms with Gasteiger partial charge in [0.05, 0.1) is 44.4 Å². The number of carbonyl (C=O) groups is 2. The van der Waals surface area contributed by atoms with Crippen molar-refractivity contribution in [2.45, 2.75) is 20.0 Å². The number of hydrogen-bond acceptors (Lipinski definition) is 4. The lowest BCUT2D eigenvalue weighted by atomic mass is 10.1. The molecule has 0 spiro atoms. The maximum atomic E-state index is 12.1. The largest absolute Gasteiger partial charge is 0.465 e. The molecule has 8 heteroatoms. The van der Waals surface area contributed by atoms with Gasteiger partial charge in [0.1, 0.15) is 0 Å². The first-order valence-corrected chi connectivity index (χ1v) is 6.88. The van der Waals surface area contributed by atoms with Crippen molar-refractivity contribution in [3.05, 3.63) is 31.2 Å². The Bertz CT molecular complexity index is 569. The minimum absolute atomic E-state index is 0.137. The number of carbonyl (C=O) groups excluding carboxylic acids is 2. The third-order valence-corrected chi connectivity index (χ3v) is 4.01. The summed E-state index contributed by atoms with van der Waals surface area (Å²) in [6, 6.07) is 0. The fourth-order valence-corrected chi connectivity index (χ4v) is 2.40. The minimum atomic E-state index is -0.869. The van der Waals surface area contributed by atoms with Crippen molar-refractivity contribution in [3.63, 3.8) is 0 Å². The summed E-state index contributed by atoms with van der Waals surface area (Å²) in [5.74, 6) is -1.71. The molecule has 0 unspecified atom stereocenters. The summed E-state index contributed by atoms with van der Waals surface area (Å²) in [4.78, 5) is 23.8. The molecule has 0 saturated heterocycles. The molecule has 1 aromatic rings. The average molecular weight is 360 g/mol. The van der Waals surface area contributed by atoms with Gasteiger partial charge in [0, 0.05) is 0 Å². The summed E-state index contributed by atoms with van der Waals surface area (Å²) in [5.41, 5.74) is -0.550. The van der Waals surface area contributed by atoms with Crippen molar-refractivity contribution >= 4 is 58.3 Å². The molecule has 0 saturated carbocycles. The molecule has 0 atom stereocenters. The third kappa shape index (κ3) is 3.31. The van der Waals surface area contributed by atoms with Crippen molar-refractivity contribution in [2.75, 3.05) is 7.11 Å². The molecule has 110 valence electrons. The van der Waals surface area contributed by atoms with Crippen LogP contribution < -0.4 is 0 Å². The van der Waals surface area contributed by atoms with Crippen LogP contribution in [0.3, 0.4) is 0 Å². The lowest BCUT2D eigenvalue weighted by Gasteiger charge is -2.15. The Balaban J connectivity index is 3.63. The molecule has 1 aromatic carbocycles. The lowest BCUT2D eigenvalue weighted by molar-refractivity contribution is 0.0368. The number of esters is 2. The fraction of sp³-hybridized carbons (Fsp3) is 0.333. The highest BCUT2D eigenvalue weighted by Crippen LogP contribution is 2.42. The summed E-state index contributed by atoms with van der Waals surface area (Å²) >= 11 is 23.7. The van der Waals surface area contributed by atoms with E-state index in [2.05, 4.69) is 4.74 Å². The number of rotatable bonds is 3. The predicted molar refractivity (Wildman–Crippen MR) is 78.4 cm³/mol. The van der Waals surface area contributed by atoms with Crippen LogP contribution in [-0.4, -0.2) is 25.2 Å². The highest BCUT2D eigenvalue weighted by atomic mass is 35.5. The quantitative estimate of drug-likeness (QED) is 0.447. The zero-order valence-corrected chi connectivity index (χ0v) is 13.7. The molecule has 1 rings (SSSR count). The van der Waals surface area contributed by atoms with Crippen molar-refractivity contribution in [3.8, 4) is 0 Å². The van der Waals surface area contributed by atoms with Gasteiger partial charge in [-0.2, -0.15) is 0 Å². The SMILES string of the molecule is COC(=O)c1c(Cl)c(Cl)c(Cl)c(Cl)c1C(=O)OC(C)C. The van der Waals surface area contributed by atoms with Crippen LogP contribution in [0.4, 0.5) is 0 Å². The molecular weight excluding hydrogens is 350 g/mol. The van der Waals surface area contributed by atoms with Crippen LogP contribution in [0.15, 0.2) is 0 Å². The molecule has 0 N–H and O–H groups in total. The van der Waals surface area contributed by atoms with Crippen LogP contribution >= 0.6 is 46.4 Å². The summed E-state index contributed by atoms with van der Waals surface area (Å²) in [6.45, 7) is 3.28. The van der Waals surface area contributed by atoms with Crippen LogP contribution in [0, 0.1) is 0 Å². The first kappa shape index (κ1) is 17.4. The summed E-state index contributed by atoms with van der Waals surface area (Å²) in [7, 11) is 1.13. The molecule has 0 aromatic heterocycles. The molecule has 0 amide bonds. The Kier molecular flexibility index (Phi) is 5.95. The van der Waals surface area contributed by atoms with E-state index in [0.29, 0.717) is 0 Å². The molecule has 0 bridgehead atoms. The van der Waals surface area contributed by atoms with Crippen molar-refractivity contribution in [1.82, 2.24) is 0 Å². The maximum Gasteiger partial charge on any atom is 0.340 e. The third-order valence-electron chi connectivity index (χ3n) is 2.20. The van der Waals surface area contributed by atoms with Gasteiger partial charge in [-0.05, 0) is 13.8 Å². The Morgan fingerprint density at radius 1 is 0.850 bits per heavy atom. The van der Waals surface area contributed by atoms with E-state index in [9.17, 15) is 9.59 Å². The van der Waals surface area contributed by atoms with E-state index in [1.165, 1.54) is 0 Å². The van der Waals surface area contributed by atoms with Crippen LogP contribution in [0.2, 0.25) is 20.1 Å². The second kappa shape index (κ2) is 6.85. The second-order valence-corrected chi connectivity index (χ2v) is 5.46. The van der Waals surface area contributed by atoms with Gasteiger partial charge in [-0.15, -0.1) is 0 Å². The Morgan fingerprint density at radius 2 is 1.25 bits per heavy atom. The number of ether oxygens (including phenoxy) is 2. The zero-order chi connectivity index (χ0) is 15.6. The first-order chi connectivity index (χ1) is 9.22. The van der Waals surface area contributed by atoms with E-state index in [0.717, 1.165) is 7.11 Å². The van der Waals surface area contributed by atoms with E-state index in [1.54, 1.807) is 13.8 Å². The smallest absolute Gasteiger partial charge is 0.340 e. The molecule has 0 radical (unpaired) electrons. The van der Waals surface area contributed by atoms with Gasteiger partial charge in [-0.1, -0.05) is 46.4 Å². The van der Waals surface area contributed by atoms with Gasteiger partial charge in [0.25, 0.3) is 0 Å². The van der Waals surface area contributed by atoms with Crippen LogP contribution in [0.25, 0.3) is 0 Å². The van der Waals surface area contributed by atoms with Crippen molar-refractivity contribution in [2.24, 2.45) is 0 Å². The predicted octanol–water partition coefficient (Wildman–Crippen LogP) is 4.65. The molecular formula is C12H10Cl4O4. The molecule has 0 aliphatic rings. The molecule has 0 aliphatic carbocycles. The monoisotopic (exact) mass is 358 g/mol. The lowest BCUT2D eigenvalue weighted by Crippen LogP contribution is -2.18. The summed E-state index contributed by atoms with van der Waals surface area (Å²) < 4.78 is 9.58. The number of benzene rings is 1. The highest BCUT2D eigenvalue weighted by molar-refractivity contribution is 6.54. The average Bonchev–Trinajstić information content (AvgIpc) is 2.38. The topological polar surface area (TPSA) is 52.6 Å². The molecule has 0 aliphatic heterocycles. The van der Waals surface area contributed by atoms with Gasteiger partial charge in [0.2, 0.25) is 0 Å². The standard InChI is InChI=1S/C12H10Cl4O4/c1-4(2)20-12(18)6-5(11(17)19-3)7(13)9(15)10(16)8(6)14/h4H,1-3H3. The van der Waals surface area contributed by atoms with E-state index in [1.807, 2.05) is 0 Å². The highest BCUT2D eigenvalue weighted by Gasteiger charge is 2.30. The summed E-state index contributed by atoms with van der Waals surface area (Å²) in [5, 5.41) is -0.711. The van der Waals surface area contributed by atoms with Gasteiger partial charge in [-0.25, -0.2) is 9.59 Å². The Morgan fingerprint density at radius 3 is 1.60 bits per heavy atom. The van der Waals surface area contributed by atoms with Gasteiger partial charge in [-0.3, -0.25) is 0 Å². The molecule has 0 heterocycles. The molecule has 20 heavy (non-hydrogen) atoms. The normalized spacial score (nSPS) is 10.6. The van der Waals surface area contributed by atoms with Crippen molar-refractivity contribution in [1.29, 1.82) is 0 Å². The van der Waals surface area contributed by atoms with E-state index in [4.69, 9.17) is 51.1 Å². The summed E-state index contributed by atoms with van der Waals surface area (Å²) in [6.07, 6.45) is -0.419. The fourth-order valence-electron chi connectivity index (χ4n) is 1.39. The molecule has 0 fully saturated rings. The van der Waals surface area contributed by atoms with E-state index < -0.39 is 18.0 Å². The molecule has 4 nitrogen and oxygen atoms in total. The van der Waals surface area contributed by atoms with Gasteiger partial charge in [0.15, 0.2) is 0 Å². The van der Waals surface area contributed by atoms with Crippen LogP contribution in [-0.2, 0) is 9.47 Å². The van der Waals surface area contributed by atoms with Gasteiger partial charge < -0.3 is 9.47 Å². The van der Waals surface area contributed by atoms with E-state index in [-0.39, 0.29) is 31.2 Å². The van der Waals surface area contributed by atoms with Crippen molar-refractivity contribution < 1.29 is 19.1 Å². The minimum Gasteiger partial charge on any atom is -0.465 e. The van der Waals surface area contributed by atoms with E-state index >= 15 is 0 Å². The Labute approximate surface area is 135 Å². The second-order valence-electron chi connectivity index (χ2n) is 3.95. The first-order valence-electron chi connectivity index (χ1n) is 5.37.